The van der Waals surface area contributed by atoms with Crippen LogP contribution in [0.4, 0.5) is 8.78 Å². The lowest BCUT2D eigenvalue weighted by molar-refractivity contribution is -0.000793. The lowest BCUT2D eigenvalue weighted by Crippen LogP contribution is -2.27. The predicted molar refractivity (Wildman–Crippen MR) is 57.1 cm³/mol. The molecule has 0 amide bonds. The van der Waals surface area contributed by atoms with E-state index in [4.69, 9.17) is 16.7 Å². The summed E-state index contributed by atoms with van der Waals surface area (Å²) in [4.78, 5) is 0. The molecule has 0 saturated carbocycles. The van der Waals surface area contributed by atoms with Gasteiger partial charge >= 0.3 is 13.3 Å². The zero-order chi connectivity index (χ0) is 12.8. The number of halogens is 3. The van der Waals surface area contributed by atoms with Gasteiger partial charge in [0, 0.05) is 5.88 Å². The summed E-state index contributed by atoms with van der Waals surface area (Å²) in [6, 6.07) is 0. The van der Waals surface area contributed by atoms with Gasteiger partial charge in [-0.05, 0) is 13.8 Å². The summed E-state index contributed by atoms with van der Waals surface area (Å²) in [5.74, 6) is -0.367. The van der Waals surface area contributed by atoms with Crippen molar-refractivity contribution in [3.8, 4) is 0 Å². The Hall–Kier alpha value is 0.260. The first kappa shape index (κ1) is 16.3. The predicted octanol–water partition coefficient (Wildman–Crippen LogP) is 2.84. The standard InChI is InChI=1S/C8H16ClF2O4P/c1-3-14-16(13,15-4-2)8(10,11)5-7(12)6-9/h7,12H,3-6H2,1-2H3. The molecule has 0 heterocycles. The van der Waals surface area contributed by atoms with Gasteiger partial charge in [-0.2, -0.15) is 8.78 Å². The summed E-state index contributed by atoms with van der Waals surface area (Å²) in [6.45, 7) is 2.53. The van der Waals surface area contributed by atoms with E-state index in [2.05, 4.69) is 9.05 Å². The van der Waals surface area contributed by atoms with E-state index < -0.39 is 25.8 Å². The monoisotopic (exact) mass is 280 g/mol. The molecule has 1 atom stereocenters. The van der Waals surface area contributed by atoms with Crippen LogP contribution in [0.3, 0.4) is 0 Å². The summed E-state index contributed by atoms with van der Waals surface area (Å²) >= 11 is 5.21. The normalized spacial score (nSPS) is 15.1. The third kappa shape index (κ3) is 4.26. The number of alkyl halides is 3. The number of rotatable bonds is 8. The quantitative estimate of drug-likeness (QED) is 0.549. The molecule has 0 radical (unpaired) electrons. The van der Waals surface area contributed by atoms with Gasteiger partial charge in [-0.1, -0.05) is 0 Å². The van der Waals surface area contributed by atoms with E-state index in [9.17, 15) is 13.3 Å². The van der Waals surface area contributed by atoms with Crippen LogP contribution in [-0.2, 0) is 13.6 Å². The van der Waals surface area contributed by atoms with Crippen molar-refractivity contribution in [2.75, 3.05) is 19.1 Å². The number of aliphatic hydroxyl groups excluding tert-OH is 1. The summed E-state index contributed by atoms with van der Waals surface area (Å²) in [6.07, 6.45) is -2.50. The van der Waals surface area contributed by atoms with Crippen molar-refractivity contribution >= 4 is 19.2 Å². The van der Waals surface area contributed by atoms with Crippen molar-refractivity contribution in [3.63, 3.8) is 0 Å². The van der Waals surface area contributed by atoms with Gasteiger partial charge in [-0.15, -0.1) is 11.6 Å². The Morgan fingerprint density at radius 1 is 1.38 bits per heavy atom. The molecule has 0 fully saturated rings. The zero-order valence-corrected chi connectivity index (χ0v) is 10.8. The number of hydrogen-bond donors (Lipinski definition) is 1. The number of hydrogen-bond acceptors (Lipinski definition) is 4. The van der Waals surface area contributed by atoms with Gasteiger partial charge in [0.1, 0.15) is 0 Å². The van der Waals surface area contributed by atoms with Crippen molar-refractivity contribution in [2.45, 2.75) is 32.0 Å². The van der Waals surface area contributed by atoms with Gasteiger partial charge in [0.25, 0.3) is 0 Å². The Morgan fingerprint density at radius 2 is 1.81 bits per heavy atom. The van der Waals surface area contributed by atoms with E-state index in [-0.39, 0.29) is 19.1 Å². The van der Waals surface area contributed by atoms with Crippen LogP contribution in [0.15, 0.2) is 0 Å². The van der Waals surface area contributed by atoms with Crippen LogP contribution in [-0.4, -0.2) is 36.0 Å². The van der Waals surface area contributed by atoms with E-state index in [0.29, 0.717) is 0 Å². The van der Waals surface area contributed by atoms with Crippen molar-refractivity contribution in [1.29, 1.82) is 0 Å². The fourth-order valence-corrected chi connectivity index (χ4v) is 2.69. The molecule has 0 aromatic heterocycles. The van der Waals surface area contributed by atoms with Crippen LogP contribution in [0.1, 0.15) is 20.3 Å². The highest BCUT2D eigenvalue weighted by Crippen LogP contribution is 2.63. The average molecular weight is 281 g/mol. The average Bonchev–Trinajstić information content (AvgIpc) is 2.17. The van der Waals surface area contributed by atoms with Crippen LogP contribution < -0.4 is 0 Å². The van der Waals surface area contributed by atoms with Crippen molar-refractivity contribution < 1.29 is 27.5 Å². The fraction of sp³-hybridized carbons (Fsp3) is 1.00. The highest BCUT2D eigenvalue weighted by molar-refractivity contribution is 7.55. The first-order valence-electron chi connectivity index (χ1n) is 4.84. The van der Waals surface area contributed by atoms with Gasteiger partial charge in [-0.3, -0.25) is 4.57 Å². The van der Waals surface area contributed by atoms with Crippen LogP contribution in [0.5, 0.6) is 0 Å². The van der Waals surface area contributed by atoms with E-state index in [1.165, 1.54) is 13.8 Å². The minimum absolute atomic E-state index is 0.163. The molecular formula is C8H16ClF2O4P. The molecule has 8 heteroatoms. The maximum absolute atomic E-state index is 13.6. The largest absolute Gasteiger partial charge is 0.399 e. The molecule has 4 nitrogen and oxygen atoms in total. The molecule has 0 aromatic rings. The van der Waals surface area contributed by atoms with Crippen LogP contribution >= 0.6 is 19.2 Å². The maximum atomic E-state index is 13.6. The second kappa shape index (κ2) is 6.87. The van der Waals surface area contributed by atoms with Crippen molar-refractivity contribution in [3.05, 3.63) is 0 Å². The third-order valence-corrected chi connectivity index (χ3v) is 4.19. The molecule has 0 aliphatic carbocycles. The van der Waals surface area contributed by atoms with Gasteiger partial charge < -0.3 is 14.2 Å². The topological polar surface area (TPSA) is 55.8 Å². The highest BCUT2D eigenvalue weighted by Gasteiger charge is 2.53. The molecule has 0 spiro atoms. The molecule has 0 aliphatic heterocycles. The van der Waals surface area contributed by atoms with Crippen LogP contribution in [0.2, 0.25) is 0 Å². The Morgan fingerprint density at radius 3 is 2.12 bits per heavy atom. The summed E-state index contributed by atoms with van der Waals surface area (Å²) in [7, 11) is -4.54. The van der Waals surface area contributed by atoms with E-state index in [0.717, 1.165) is 0 Å². The van der Waals surface area contributed by atoms with Crippen molar-refractivity contribution in [2.24, 2.45) is 0 Å². The maximum Gasteiger partial charge on any atom is 0.399 e. The SMILES string of the molecule is CCOP(=O)(OCC)C(F)(F)CC(O)CCl. The Balaban J connectivity index is 4.81. The molecular weight excluding hydrogens is 265 g/mol. The molecule has 16 heavy (non-hydrogen) atoms. The molecule has 1 N–H and O–H groups in total. The smallest absolute Gasteiger partial charge is 0.392 e. The minimum Gasteiger partial charge on any atom is -0.392 e. The van der Waals surface area contributed by atoms with E-state index in [1.54, 1.807) is 0 Å². The molecule has 0 aromatic carbocycles. The number of aliphatic hydroxyl groups is 1. The Kier molecular flexibility index (Phi) is 6.98. The molecule has 1 unspecified atom stereocenters. The zero-order valence-electron chi connectivity index (χ0n) is 9.16. The molecule has 0 rings (SSSR count). The Bertz CT molecular complexity index is 242. The first-order chi connectivity index (χ1) is 7.33. The Labute approximate surface area is 98.4 Å². The van der Waals surface area contributed by atoms with Crippen LogP contribution in [0.25, 0.3) is 0 Å². The molecule has 0 saturated heterocycles. The second-order valence-electron chi connectivity index (χ2n) is 3.01. The third-order valence-electron chi connectivity index (χ3n) is 1.66. The minimum atomic E-state index is -4.54. The lowest BCUT2D eigenvalue weighted by atomic mass is 10.3. The summed E-state index contributed by atoms with van der Waals surface area (Å²) < 4.78 is 47.9. The van der Waals surface area contributed by atoms with Crippen molar-refractivity contribution in [1.82, 2.24) is 0 Å². The molecule has 0 bridgehead atoms. The van der Waals surface area contributed by atoms with E-state index >= 15 is 0 Å². The molecule has 0 aliphatic rings. The highest BCUT2D eigenvalue weighted by atomic mass is 35.5. The lowest BCUT2D eigenvalue weighted by Gasteiger charge is -2.26. The molecule has 98 valence electrons. The second-order valence-corrected chi connectivity index (χ2v) is 5.49. The van der Waals surface area contributed by atoms with Gasteiger partial charge in [0.05, 0.1) is 25.7 Å². The summed E-state index contributed by atoms with van der Waals surface area (Å²) in [5, 5.41) is 9.05. The summed E-state index contributed by atoms with van der Waals surface area (Å²) in [5.41, 5.74) is -3.74. The van der Waals surface area contributed by atoms with Crippen LogP contribution in [0, 0.1) is 0 Å². The van der Waals surface area contributed by atoms with Gasteiger partial charge in [0.15, 0.2) is 0 Å². The van der Waals surface area contributed by atoms with Gasteiger partial charge in [-0.25, -0.2) is 0 Å². The van der Waals surface area contributed by atoms with Gasteiger partial charge in [0.2, 0.25) is 0 Å². The first-order valence-corrected chi connectivity index (χ1v) is 6.91. The van der Waals surface area contributed by atoms with E-state index in [1.807, 2.05) is 0 Å². The fourth-order valence-electron chi connectivity index (χ4n) is 1.02.